The molecule has 0 unspecified atom stereocenters. The summed E-state index contributed by atoms with van der Waals surface area (Å²) in [7, 11) is 0. The van der Waals surface area contributed by atoms with Gasteiger partial charge in [0.15, 0.2) is 5.82 Å². The summed E-state index contributed by atoms with van der Waals surface area (Å²) in [5.74, 6) is 0.670. The quantitative estimate of drug-likeness (QED) is 0.571. The Hall–Kier alpha value is -3.61. The highest BCUT2D eigenvalue weighted by atomic mass is 16.1. The van der Waals surface area contributed by atoms with Crippen LogP contribution in [0.3, 0.4) is 0 Å². The van der Waals surface area contributed by atoms with Crippen LogP contribution in [0.5, 0.6) is 0 Å². The molecule has 0 bridgehead atoms. The minimum Gasteiger partial charge on any atom is -0.349 e. The normalized spacial score (nSPS) is 15.7. The molecule has 7 heteroatoms. The molecule has 1 atom stereocenters. The van der Waals surface area contributed by atoms with Crippen LogP contribution in [0, 0.1) is 0 Å². The van der Waals surface area contributed by atoms with E-state index in [0.717, 1.165) is 59.5 Å². The largest absolute Gasteiger partial charge is 0.349 e. The van der Waals surface area contributed by atoms with Gasteiger partial charge in [0.05, 0.1) is 5.52 Å². The SMILES string of the molecule is CCn1nnc2cc(C(=O)N[C@H]3CCc4nc(-c5ccccc5)ncc4C3)ccc21. The lowest BCUT2D eigenvalue weighted by atomic mass is 9.92. The molecule has 0 radical (unpaired) electrons. The van der Waals surface area contributed by atoms with E-state index >= 15 is 0 Å². The van der Waals surface area contributed by atoms with Crippen molar-refractivity contribution in [2.45, 2.75) is 38.8 Å². The molecule has 2 aromatic heterocycles. The third kappa shape index (κ3) is 3.43. The van der Waals surface area contributed by atoms with E-state index in [1.165, 1.54) is 0 Å². The Bertz CT molecular complexity index is 1220. The van der Waals surface area contributed by atoms with Crippen LogP contribution in [0.1, 0.15) is 35.0 Å². The second-order valence-corrected chi connectivity index (χ2v) is 7.55. The van der Waals surface area contributed by atoms with Gasteiger partial charge in [0, 0.05) is 35.6 Å². The number of aryl methyl sites for hydroxylation is 2. The first-order chi connectivity index (χ1) is 14.7. The third-order valence-corrected chi connectivity index (χ3v) is 5.59. The maximum atomic E-state index is 12.8. The summed E-state index contributed by atoms with van der Waals surface area (Å²) >= 11 is 0. The van der Waals surface area contributed by atoms with E-state index in [1.54, 1.807) is 6.07 Å². The highest BCUT2D eigenvalue weighted by Crippen LogP contribution is 2.23. The lowest BCUT2D eigenvalue weighted by Crippen LogP contribution is -2.39. The number of fused-ring (bicyclic) bond motifs is 2. The summed E-state index contributed by atoms with van der Waals surface area (Å²) in [6.07, 6.45) is 4.33. The zero-order chi connectivity index (χ0) is 20.5. The van der Waals surface area contributed by atoms with Crippen molar-refractivity contribution >= 4 is 16.9 Å². The molecular weight excluding hydrogens is 376 g/mol. The maximum Gasteiger partial charge on any atom is 0.251 e. The van der Waals surface area contributed by atoms with Crippen LogP contribution in [0.2, 0.25) is 0 Å². The van der Waals surface area contributed by atoms with E-state index < -0.39 is 0 Å². The van der Waals surface area contributed by atoms with Gasteiger partial charge in [0.25, 0.3) is 5.91 Å². The fourth-order valence-corrected chi connectivity index (χ4v) is 3.97. The number of carbonyl (C=O) groups is 1. The van der Waals surface area contributed by atoms with Crippen LogP contribution < -0.4 is 5.32 Å². The fourth-order valence-electron chi connectivity index (χ4n) is 3.97. The van der Waals surface area contributed by atoms with Crippen molar-refractivity contribution in [1.82, 2.24) is 30.3 Å². The highest BCUT2D eigenvalue weighted by molar-refractivity contribution is 5.97. The molecule has 1 N–H and O–H groups in total. The van der Waals surface area contributed by atoms with Crippen molar-refractivity contribution in [2.24, 2.45) is 0 Å². The van der Waals surface area contributed by atoms with Gasteiger partial charge >= 0.3 is 0 Å². The number of benzene rings is 2. The molecule has 2 heterocycles. The Balaban J connectivity index is 1.30. The molecule has 0 spiro atoms. The molecule has 30 heavy (non-hydrogen) atoms. The number of aromatic nitrogens is 5. The number of nitrogens with zero attached hydrogens (tertiary/aromatic N) is 5. The average Bonchev–Trinajstić information content (AvgIpc) is 3.21. The van der Waals surface area contributed by atoms with Crippen LogP contribution in [0.25, 0.3) is 22.4 Å². The molecular formula is C23H22N6O. The number of rotatable bonds is 4. The number of nitrogens with one attached hydrogen (secondary N) is 1. The van der Waals surface area contributed by atoms with Gasteiger partial charge in [-0.2, -0.15) is 0 Å². The van der Waals surface area contributed by atoms with Crippen LogP contribution in [-0.2, 0) is 19.4 Å². The molecule has 7 nitrogen and oxygen atoms in total. The van der Waals surface area contributed by atoms with Gasteiger partial charge in [-0.25, -0.2) is 14.6 Å². The van der Waals surface area contributed by atoms with E-state index in [1.807, 2.05) is 60.3 Å². The molecule has 150 valence electrons. The second kappa shape index (κ2) is 7.67. The summed E-state index contributed by atoms with van der Waals surface area (Å²) in [4.78, 5) is 22.1. The van der Waals surface area contributed by atoms with Crippen LogP contribution in [0.15, 0.2) is 54.7 Å². The van der Waals surface area contributed by atoms with E-state index in [0.29, 0.717) is 5.56 Å². The Morgan fingerprint density at radius 3 is 2.90 bits per heavy atom. The summed E-state index contributed by atoms with van der Waals surface area (Å²) in [5.41, 5.74) is 5.48. The molecule has 2 aromatic carbocycles. The molecule has 0 saturated heterocycles. The van der Waals surface area contributed by atoms with Crippen molar-refractivity contribution in [2.75, 3.05) is 0 Å². The predicted molar refractivity (Wildman–Crippen MR) is 114 cm³/mol. The number of hydrogen-bond acceptors (Lipinski definition) is 5. The molecule has 1 amide bonds. The number of carbonyl (C=O) groups excluding carboxylic acids is 1. The number of hydrogen-bond donors (Lipinski definition) is 1. The second-order valence-electron chi connectivity index (χ2n) is 7.55. The minimum atomic E-state index is -0.0850. The first kappa shape index (κ1) is 18.4. The van der Waals surface area contributed by atoms with Crippen molar-refractivity contribution < 1.29 is 4.79 Å². The molecule has 0 saturated carbocycles. The maximum absolute atomic E-state index is 12.8. The summed E-state index contributed by atoms with van der Waals surface area (Å²) < 4.78 is 1.82. The van der Waals surface area contributed by atoms with Crippen molar-refractivity contribution in [3.63, 3.8) is 0 Å². The standard InChI is InChI=1S/C23H22N6O/c1-2-29-21-11-8-16(13-20(21)27-28-29)23(30)25-18-9-10-19-17(12-18)14-24-22(26-19)15-6-4-3-5-7-15/h3-8,11,13-14,18H,2,9-10,12H2,1H3,(H,25,30)/t18-/m0/s1. The van der Waals surface area contributed by atoms with E-state index in [4.69, 9.17) is 4.98 Å². The van der Waals surface area contributed by atoms with Gasteiger partial charge in [-0.1, -0.05) is 35.5 Å². The Morgan fingerprint density at radius 1 is 1.20 bits per heavy atom. The highest BCUT2D eigenvalue weighted by Gasteiger charge is 2.23. The minimum absolute atomic E-state index is 0.0678. The molecule has 5 rings (SSSR count). The van der Waals surface area contributed by atoms with E-state index in [2.05, 4.69) is 20.6 Å². The zero-order valence-electron chi connectivity index (χ0n) is 16.7. The van der Waals surface area contributed by atoms with Crippen molar-refractivity contribution in [3.05, 3.63) is 71.5 Å². The smallest absolute Gasteiger partial charge is 0.251 e. The lowest BCUT2D eigenvalue weighted by molar-refractivity contribution is 0.0933. The van der Waals surface area contributed by atoms with Gasteiger partial charge in [-0.3, -0.25) is 4.79 Å². The first-order valence-corrected chi connectivity index (χ1v) is 10.3. The molecule has 0 fully saturated rings. The summed E-state index contributed by atoms with van der Waals surface area (Å²) in [6, 6.07) is 15.6. The number of amides is 1. The molecule has 4 aromatic rings. The Morgan fingerprint density at radius 2 is 2.07 bits per heavy atom. The molecule has 1 aliphatic carbocycles. The van der Waals surface area contributed by atoms with Crippen LogP contribution in [0.4, 0.5) is 0 Å². The Kier molecular flexibility index (Phi) is 4.71. The van der Waals surface area contributed by atoms with E-state index in [9.17, 15) is 4.79 Å². The predicted octanol–water partition coefficient (Wildman–Crippen LogP) is 3.20. The lowest BCUT2D eigenvalue weighted by Gasteiger charge is -2.25. The zero-order valence-corrected chi connectivity index (χ0v) is 16.7. The summed E-state index contributed by atoms with van der Waals surface area (Å²) in [5, 5.41) is 11.4. The van der Waals surface area contributed by atoms with Crippen LogP contribution >= 0.6 is 0 Å². The van der Waals surface area contributed by atoms with Crippen molar-refractivity contribution in [3.8, 4) is 11.4 Å². The molecule has 0 aliphatic heterocycles. The fraction of sp³-hybridized carbons (Fsp3) is 0.261. The van der Waals surface area contributed by atoms with Gasteiger partial charge in [-0.05, 0) is 49.9 Å². The first-order valence-electron chi connectivity index (χ1n) is 10.3. The van der Waals surface area contributed by atoms with E-state index in [-0.39, 0.29) is 11.9 Å². The van der Waals surface area contributed by atoms with Gasteiger partial charge in [0.2, 0.25) is 0 Å². The van der Waals surface area contributed by atoms with Crippen LogP contribution in [-0.4, -0.2) is 36.9 Å². The van der Waals surface area contributed by atoms with Crippen molar-refractivity contribution in [1.29, 1.82) is 0 Å². The molecule has 1 aliphatic rings. The monoisotopic (exact) mass is 398 g/mol. The summed E-state index contributed by atoms with van der Waals surface area (Å²) in [6.45, 7) is 2.76. The third-order valence-electron chi connectivity index (χ3n) is 5.59. The average molecular weight is 398 g/mol. The van der Waals surface area contributed by atoms with Gasteiger partial charge in [-0.15, -0.1) is 5.10 Å². The van der Waals surface area contributed by atoms with Gasteiger partial charge < -0.3 is 5.32 Å². The Labute approximate surface area is 174 Å². The topological polar surface area (TPSA) is 85.6 Å². The van der Waals surface area contributed by atoms with Gasteiger partial charge in [0.1, 0.15) is 5.52 Å².